The van der Waals surface area contributed by atoms with Crippen molar-refractivity contribution >= 4 is 34.2 Å². The number of carbonyl (C=O) groups excluding carboxylic acids is 1. The van der Waals surface area contributed by atoms with Crippen LogP contribution in [0.2, 0.25) is 0 Å². The van der Waals surface area contributed by atoms with Crippen LogP contribution in [-0.4, -0.2) is 24.4 Å². The lowest BCUT2D eigenvalue weighted by Crippen LogP contribution is -2.26. The second-order valence-electron chi connectivity index (χ2n) is 3.73. The molecule has 0 atom stereocenters. The monoisotopic (exact) mass is 320 g/mol. The average Bonchev–Trinajstić information content (AvgIpc) is 2.28. The molecule has 2 N–H and O–H groups in total. The number of nitrogens with zero attached hydrogens (tertiary/aromatic N) is 1. The minimum absolute atomic E-state index is 0. The van der Waals surface area contributed by atoms with Crippen molar-refractivity contribution in [1.29, 1.82) is 0 Å². The van der Waals surface area contributed by atoms with Gasteiger partial charge in [0.2, 0.25) is 5.91 Å². The summed E-state index contributed by atoms with van der Waals surface area (Å²) in [5.41, 5.74) is 6.49. The highest BCUT2D eigenvalue weighted by molar-refractivity contribution is 9.10. The van der Waals surface area contributed by atoms with E-state index in [9.17, 15) is 4.79 Å². The minimum atomic E-state index is 0. The molecule has 1 amide bonds. The molecule has 0 saturated heterocycles. The third-order valence-electron chi connectivity index (χ3n) is 2.39. The van der Waals surface area contributed by atoms with Crippen LogP contribution in [0.4, 0.5) is 0 Å². The van der Waals surface area contributed by atoms with Crippen LogP contribution in [-0.2, 0) is 11.3 Å². The molecule has 0 heterocycles. The summed E-state index contributed by atoms with van der Waals surface area (Å²) in [6.07, 6.45) is 1.27. The lowest BCUT2D eigenvalue weighted by molar-refractivity contribution is -0.130. The van der Waals surface area contributed by atoms with Gasteiger partial charge in [0.1, 0.15) is 0 Å². The first-order chi connectivity index (χ1) is 7.65. The Hall–Kier alpha value is -0.580. The van der Waals surface area contributed by atoms with Gasteiger partial charge in [0, 0.05) is 24.5 Å². The Kier molecular flexibility index (Phi) is 8.21. The first-order valence-corrected chi connectivity index (χ1v) is 6.12. The molecule has 17 heavy (non-hydrogen) atoms. The maximum Gasteiger partial charge on any atom is 0.222 e. The Labute approximate surface area is 117 Å². The molecule has 0 bridgehead atoms. The number of hydrogen-bond acceptors (Lipinski definition) is 2. The SMILES string of the molecule is CN(Cc1ccccc1Br)C(=O)CCCN.Cl. The number of halogens is 2. The van der Waals surface area contributed by atoms with Crippen LogP contribution in [0.25, 0.3) is 0 Å². The molecule has 0 radical (unpaired) electrons. The molecule has 1 aromatic rings. The van der Waals surface area contributed by atoms with Crippen LogP contribution in [0, 0.1) is 0 Å². The predicted octanol–water partition coefficient (Wildman–Crippen LogP) is 2.57. The molecule has 0 spiro atoms. The fourth-order valence-electron chi connectivity index (χ4n) is 1.41. The van der Waals surface area contributed by atoms with Gasteiger partial charge in [-0.1, -0.05) is 34.1 Å². The van der Waals surface area contributed by atoms with Gasteiger partial charge in [-0.3, -0.25) is 4.79 Å². The summed E-state index contributed by atoms with van der Waals surface area (Å²) >= 11 is 3.47. The van der Waals surface area contributed by atoms with Crippen molar-refractivity contribution in [3.05, 3.63) is 34.3 Å². The summed E-state index contributed by atoms with van der Waals surface area (Å²) in [5.74, 6) is 0.140. The van der Waals surface area contributed by atoms with Gasteiger partial charge in [0.05, 0.1) is 0 Å². The molecule has 5 heteroatoms. The summed E-state index contributed by atoms with van der Waals surface area (Å²) in [5, 5.41) is 0. The summed E-state index contributed by atoms with van der Waals surface area (Å²) in [6, 6.07) is 7.92. The highest BCUT2D eigenvalue weighted by Gasteiger charge is 2.09. The number of hydrogen-bond donors (Lipinski definition) is 1. The number of amides is 1. The second-order valence-corrected chi connectivity index (χ2v) is 4.59. The zero-order valence-electron chi connectivity index (χ0n) is 9.86. The van der Waals surface area contributed by atoms with E-state index in [-0.39, 0.29) is 18.3 Å². The summed E-state index contributed by atoms with van der Waals surface area (Å²) in [7, 11) is 1.82. The number of carbonyl (C=O) groups is 1. The van der Waals surface area contributed by atoms with E-state index in [1.807, 2.05) is 31.3 Å². The van der Waals surface area contributed by atoms with Crippen LogP contribution in [0.5, 0.6) is 0 Å². The molecule has 0 aliphatic rings. The largest absolute Gasteiger partial charge is 0.341 e. The minimum Gasteiger partial charge on any atom is -0.341 e. The average molecular weight is 322 g/mol. The van der Waals surface area contributed by atoms with Crippen molar-refractivity contribution in [1.82, 2.24) is 4.90 Å². The molecule has 0 aliphatic carbocycles. The van der Waals surface area contributed by atoms with Crippen molar-refractivity contribution in [3.8, 4) is 0 Å². The Morgan fingerprint density at radius 2 is 2.06 bits per heavy atom. The van der Waals surface area contributed by atoms with Crippen molar-refractivity contribution in [2.45, 2.75) is 19.4 Å². The Balaban J connectivity index is 0.00000256. The van der Waals surface area contributed by atoms with E-state index in [0.717, 1.165) is 16.5 Å². The van der Waals surface area contributed by atoms with Gasteiger partial charge < -0.3 is 10.6 Å². The van der Waals surface area contributed by atoms with Crippen molar-refractivity contribution in [2.75, 3.05) is 13.6 Å². The molecule has 0 aromatic heterocycles. The standard InChI is InChI=1S/C12H17BrN2O.ClH/c1-15(12(16)7-4-8-14)9-10-5-2-3-6-11(10)13;/h2-3,5-6H,4,7-9,14H2,1H3;1H. The highest BCUT2D eigenvalue weighted by atomic mass is 79.9. The van der Waals surface area contributed by atoms with Gasteiger partial charge in [0.15, 0.2) is 0 Å². The van der Waals surface area contributed by atoms with E-state index in [1.165, 1.54) is 0 Å². The Morgan fingerprint density at radius 3 is 2.65 bits per heavy atom. The van der Waals surface area contributed by atoms with Crippen molar-refractivity contribution in [3.63, 3.8) is 0 Å². The van der Waals surface area contributed by atoms with E-state index in [1.54, 1.807) is 4.90 Å². The van der Waals surface area contributed by atoms with E-state index < -0.39 is 0 Å². The van der Waals surface area contributed by atoms with Crippen LogP contribution in [0.1, 0.15) is 18.4 Å². The molecule has 0 unspecified atom stereocenters. The van der Waals surface area contributed by atoms with Gasteiger partial charge in [-0.05, 0) is 24.6 Å². The lowest BCUT2D eigenvalue weighted by atomic mass is 10.2. The summed E-state index contributed by atoms with van der Waals surface area (Å²) < 4.78 is 1.04. The molecule has 96 valence electrons. The highest BCUT2D eigenvalue weighted by Crippen LogP contribution is 2.17. The number of benzene rings is 1. The molecular formula is C12H18BrClN2O. The van der Waals surface area contributed by atoms with E-state index in [0.29, 0.717) is 19.5 Å². The quantitative estimate of drug-likeness (QED) is 0.906. The molecule has 0 saturated carbocycles. The van der Waals surface area contributed by atoms with Gasteiger partial charge in [-0.2, -0.15) is 0 Å². The first kappa shape index (κ1) is 16.4. The topological polar surface area (TPSA) is 46.3 Å². The molecule has 3 nitrogen and oxygen atoms in total. The zero-order chi connectivity index (χ0) is 12.0. The fraction of sp³-hybridized carbons (Fsp3) is 0.417. The number of nitrogens with two attached hydrogens (primary N) is 1. The molecule has 0 aliphatic heterocycles. The normalized spacial score (nSPS) is 9.59. The van der Waals surface area contributed by atoms with Gasteiger partial charge >= 0.3 is 0 Å². The lowest BCUT2D eigenvalue weighted by Gasteiger charge is -2.17. The third kappa shape index (κ3) is 5.52. The first-order valence-electron chi connectivity index (χ1n) is 5.32. The maximum atomic E-state index is 11.7. The zero-order valence-corrected chi connectivity index (χ0v) is 12.3. The molecule has 1 rings (SSSR count). The van der Waals surface area contributed by atoms with Gasteiger partial charge in [0.25, 0.3) is 0 Å². The summed E-state index contributed by atoms with van der Waals surface area (Å²) in [6.45, 7) is 1.19. The van der Waals surface area contributed by atoms with Crippen molar-refractivity contribution < 1.29 is 4.79 Å². The van der Waals surface area contributed by atoms with Crippen LogP contribution in [0.15, 0.2) is 28.7 Å². The second kappa shape index (κ2) is 8.50. The van der Waals surface area contributed by atoms with Crippen LogP contribution < -0.4 is 5.73 Å². The third-order valence-corrected chi connectivity index (χ3v) is 3.16. The Bertz CT molecular complexity index is 360. The summed E-state index contributed by atoms with van der Waals surface area (Å²) in [4.78, 5) is 13.4. The van der Waals surface area contributed by atoms with Gasteiger partial charge in [-0.25, -0.2) is 0 Å². The fourth-order valence-corrected chi connectivity index (χ4v) is 1.82. The molecule has 1 aromatic carbocycles. The van der Waals surface area contributed by atoms with E-state index >= 15 is 0 Å². The predicted molar refractivity (Wildman–Crippen MR) is 76.2 cm³/mol. The smallest absolute Gasteiger partial charge is 0.222 e. The molecular weight excluding hydrogens is 304 g/mol. The van der Waals surface area contributed by atoms with Crippen molar-refractivity contribution in [2.24, 2.45) is 5.73 Å². The van der Waals surface area contributed by atoms with Gasteiger partial charge in [-0.15, -0.1) is 12.4 Å². The van der Waals surface area contributed by atoms with E-state index in [4.69, 9.17) is 5.73 Å². The Morgan fingerprint density at radius 1 is 1.41 bits per heavy atom. The van der Waals surface area contributed by atoms with Crippen LogP contribution in [0.3, 0.4) is 0 Å². The number of rotatable bonds is 5. The maximum absolute atomic E-state index is 11.7. The van der Waals surface area contributed by atoms with E-state index in [2.05, 4.69) is 15.9 Å². The van der Waals surface area contributed by atoms with Crippen LogP contribution >= 0.6 is 28.3 Å². The molecule has 0 fully saturated rings.